The summed E-state index contributed by atoms with van der Waals surface area (Å²) >= 11 is 1.62. The molecule has 22 heavy (non-hydrogen) atoms. The lowest BCUT2D eigenvalue weighted by molar-refractivity contribution is 0.0861. The Balaban J connectivity index is 1.80. The lowest BCUT2D eigenvalue weighted by Crippen LogP contribution is -2.43. The van der Waals surface area contributed by atoms with Crippen LogP contribution in [0.25, 0.3) is 0 Å². The van der Waals surface area contributed by atoms with Crippen LogP contribution in [0.5, 0.6) is 0 Å². The van der Waals surface area contributed by atoms with Gasteiger partial charge in [0.25, 0.3) is 5.91 Å². The van der Waals surface area contributed by atoms with Gasteiger partial charge >= 0.3 is 0 Å². The van der Waals surface area contributed by atoms with Gasteiger partial charge in [-0.1, -0.05) is 12.8 Å². The number of aromatic nitrogens is 1. The van der Waals surface area contributed by atoms with Gasteiger partial charge in [0.1, 0.15) is 17.4 Å². The number of nitrogens with one attached hydrogen (secondary N) is 1. The molecule has 2 heterocycles. The Morgan fingerprint density at radius 3 is 2.86 bits per heavy atom. The zero-order valence-corrected chi connectivity index (χ0v) is 13.7. The summed E-state index contributed by atoms with van der Waals surface area (Å²) < 4.78 is 10.5. The first-order valence-corrected chi connectivity index (χ1v) is 8.34. The number of methoxy groups -OCH3 is 1. The van der Waals surface area contributed by atoms with Crippen LogP contribution in [0, 0.1) is 6.92 Å². The topological polar surface area (TPSA) is 64.4 Å². The third-order valence-corrected chi connectivity index (χ3v) is 5.17. The van der Waals surface area contributed by atoms with Crippen molar-refractivity contribution in [1.29, 1.82) is 0 Å². The van der Waals surface area contributed by atoms with E-state index in [0.29, 0.717) is 18.1 Å². The Labute approximate surface area is 133 Å². The van der Waals surface area contributed by atoms with Crippen molar-refractivity contribution in [3.05, 3.63) is 39.7 Å². The van der Waals surface area contributed by atoms with Gasteiger partial charge in [0.05, 0.1) is 5.54 Å². The van der Waals surface area contributed by atoms with Crippen molar-refractivity contribution in [2.24, 2.45) is 0 Å². The van der Waals surface area contributed by atoms with Crippen LogP contribution in [0.4, 0.5) is 0 Å². The second kappa shape index (κ2) is 6.22. The summed E-state index contributed by atoms with van der Waals surface area (Å²) in [5.74, 6) is 0.793. The highest BCUT2D eigenvalue weighted by Gasteiger charge is 2.40. The molecule has 118 valence electrons. The maximum atomic E-state index is 12.5. The van der Waals surface area contributed by atoms with Crippen LogP contribution < -0.4 is 5.32 Å². The average molecular weight is 320 g/mol. The number of aryl methyl sites for hydroxylation is 1. The molecule has 1 fully saturated rings. The van der Waals surface area contributed by atoms with Gasteiger partial charge in [0.15, 0.2) is 5.76 Å². The smallest absolute Gasteiger partial charge is 0.287 e. The minimum Gasteiger partial charge on any atom is -0.453 e. The van der Waals surface area contributed by atoms with E-state index in [9.17, 15) is 4.79 Å². The Bertz CT molecular complexity index is 656. The fourth-order valence-corrected chi connectivity index (χ4v) is 3.96. The van der Waals surface area contributed by atoms with E-state index in [1.165, 1.54) is 0 Å². The molecule has 5 nitrogen and oxygen atoms in total. The summed E-state index contributed by atoms with van der Waals surface area (Å²) in [4.78, 5) is 17.1. The molecule has 0 bridgehead atoms. The summed E-state index contributed by atoms with van der Waals surface area (Å²) in [6.45, 7) is 2.35. The van der Waals surface area contributed by atoms with Crippen LogP contribution in [-0.2, 0) is 16.9 Å². The highest BCUT2D eigenvalue weighted by molar-refractivity contribution is 7.09. The molecule has 1 N–H and O–H groups in total. The molecule has 2 aromatic rings. The molecule has 1 aliphatic rings. The van der Waals surface area contributed by atoms with E-state index in [2.05, 4.69) is 10.3 Å². The molecule has 2 aromatic heterocycles. The number of amides is 1. The van der Waals surface area contributed by atoms with Crippen LogP contribution >= 0.6 is 11.3 Å². The van der Waals surface area contributed by atoms with Crippen LogP contribution in [0.3, 0.4) is 0 Å². The normalized spacial score (nSPS) is 16.8. The van der Waals surface area contributed by atoms with E-state index in [-0.39, 0.29) is 11.4 Å². The molecule has 0 aromatic carbocycles. The second-order valence-electron chi connectivity index (χ2n) is 5.74. The minimum absolute atomic E-state index is 0.183. The largest absolute Gasteiger partial charge is 0.453 e. The predicted octanol–water partition coefficient (Wildman–Crippen LogP) is 3.39. The van der Waals surface area contributed by atoms with Crippen molar-refractivity contribution in [3.8, 4) is 0 Å². The third kappa shape index (κ3) is 2.94. The molecule has 1 saturated carbocycles. The van der Waals surface area contributed by atoms with E-state index < -0.39 is 0 Å². The molecule has 6 heteroatoms. The van der Waals surface area contributed by atoms with Crippen LogP contribution in [-0.4, -0.2) is 18.0 Å². The molecular weight excluding hydrogens is 300 g/mol. The molecule has 3 rings (SSSR count). The van der Waals surface area contributed by atoms with Gasteiger partial charge in [-0.15, -0.1) is 11.3 Å². The SMILES string of the molecule is COCc1ccc(C(=O)NC2(c3nc(C)cs3)CCCC2)o1. The number of hydrogen-bond acceptors (Lipinski definition) is 5. The summed E-state index contributed by atoms with van der Waals surface area (Å²) in [6.07, 6.45) is 4.06. The zero-order chi connectivity index (χ0) is 15.6. The van der Waals surface area contributed by atoms with Gasteiger partial charge in [-0.05, 0) is 31.9 Å². The first-order chi connectivity index (χ1) is 10.6. The monoisotopic (exact) mass is 320 g/mol. The van der Waals surface area contributed by atoms with E-state index >= 15 is 0 Å². The van der Waals surface area contributed by atoms with Crippen molar-refractivity contribution in [3.63, 3.8) is 0 Å². The van der Waals surface area contributed by atoms with Crippen molar-refractivity contribution in [1.82, 2.24) is 10.3 Å². The predicted molar refractivity (Wildman–Crippen MR) is 83.9 cm³/mol. The van der Waals surface area contributed by atoms with Gasteiger partial charge in [-0.3, -0.25) is 4.79 Å². The van der Waals surface area contributed by atoms with Crippen molar-refractivity contribution < 1.29 is 13.9 Å². The fourth-order valence-electron chi connectivity index (χ4n) is 2.94. The number of rotatable bonds is 5. The van der Waals surface area contributed by atoms with Crippen molar-refractivity contribution >= 4 is 17.2 Å². The number of nitrogens with zero attached hydrogens (tertiary/aromatic N) is 1. The van der Waals surface area contributed by atoms with E-state index in [0.717, 1.165) is 36.4 Å². The number of carbonyl (C=O) groups is 1. The quantitative estimate of drug-likeness (QED) is 0.917. The van der Waals surface area contributed by atoms with Crippen molar-refractivity contribution in [2.45, 2.75) is 44.8 Å². The van der Waals surface area contributed by atoms with E-state index in [4.69, 9.17) is 9.15 Å². The Morgan fingerprint density at radius 1 is 1.45 bits per heavy atom. The lowest BCUT2D eigenvalue weighted by atomic mass is 9.98. The third-order valence-electron chi connectivity index (χ3n) is 4.01. The molecule has 0 spiro atoms. The first-order valence-electron chi connectivity index (χ1n) is 7.46. The Kier molecular flexibility index (Phi) is 4.31. The van der Waals surface area contributed by atoms with E-state index in [1.54, 1.807) is 30.6 Å². The molecule has 1 amide bonds. The first kappa shape index (κ1) is 15.2. The molecule has 0 unspecified atom stereocenters. The van der Waals surface area contributed by atoms with Crippen LogP contribution in [0.2, 0.25) is 0 Å². The number of ether oxygens (including phenoxy) is 1. The van der Waals surface area contributed by atoms with Gasteiger partial charge in [-0.25, -0.2) is 4.98 Å². The van der Waals surface area contributed by atoms with Crippen molar-refractivity contribution in [2.75, 3.05) is 7.11 Å². The standard InChI is InChI=1S/C16H20N2O3S/c1-11-10-22-15(17-11)16(7-3-4-8-16)18-14(19)13-6-5-12(21-13)9-20-2/h5-6,10H,3-4,7-9H2,1-2H3,(H,18,19). The van der Waals surface area contributed by atoms with Gasteiger partial charge in [0.2, 0.25) is 0 Å². The summed E-state index contributed by atoms with van der Waals surface area (Å²) in [6, 6.07) is 3.46. The minimum atomic E-state index is -0.343. The Hall–Kier alpha value is -1.66. The van der Waals surface area contributed by atoms with Gasteiger partial charge < -0.3 is 14.5 Å². The molecule has 1 aliphatic carbocycles. The number of furan rings is 1. The fraction of sp³-hybridized carbons (Fsp3) is 0.500. The van der Waals surface area contributed by atoms with Crippen LogP contribution in [0.15, 0.2) is 21.9 Å². The maximum absolute atomic E-state index is 12.5. The Morgan fingerprint density at radius 2 is 2.23 bits per heavy atom. The molecular formula is C16H20N2O3S. The molecule has 0 aliphatic heterocycles. The van der Waals surface area contributed by atoms with Gasteiger partial charge in [-0.2, -0.15) is 0 Å². The number of carbonyl (C=O) groups excluding carboxylic acids is 1. The summed E-state index contributed by atoms with van der Waals surface area (Å²) in [7, 11) is 1.60. The molecule has 0 atom stereocenters. The maximum Gasteiger partial charge on any atom is 0.287 e. The highest BCUT2D eigenvalue weighted by Crippen LogP contribution is 2.40. The highest BCUT2D eigenvalue weighted by atomic mass is 32.1. The molecule has 0 saturated heterocycles. The number of hydrogen-bond donors (Lipinski definition) is 1. The zero-order valence-electron chi connectivity index (χ0n) is 12.8. The van der Waals surface area contributed by atoms with Crippen LogP contribution in [0.1, 0.15) is 52.7 Å². The van der Waals surface area contributed by atoms with Gasteiger partial charge in [0, 0.05) is 18.2 Å². The summed E-state index contributed by atoms with van der Waals surface area (Å²) in [5.41, 5.74) is 0.658. The lowest BCUT2D eigenvalue weighted by Gasteiger charge is -2.27. The molecule has 0 radical (unpaired) electrons. The average Bonchev–Trinajstić information content (AvgIpc) is 3.20. The van der Waals surface area contributed by atoms with E-state index in [1.807, 2.05) is 12.3 Å². The second-order valence-corrected chi connectivity index (χ2v) is 6.59. The summed E-state index contributed by atoms with van der Waals surface area (Å²) in [5, 5.41) is 6.20. The number of thiazole rings is 1.